The lowest BCUT2D eigenvalue weighted by Crippen LogP contribution is -2.30. The van der Waals surface area contributed by atoms with E-state index in [9.17, 15) is 0 Å². The summed E-state index contributed by atoms with van der Waals surface area (Å²) in [5.41, 5.74) is 6.85. The van der Waals surface area contributed by atoms with Crippen LogP contribution in [0, 0.1) is 0 Å². The van der Waals surface area contributed by atoms with Crippen molar-refractivity contribution in [2.24, 2.45) is 5.73 Å². The topological polar surface area (TPSA) is 42.1 Å². The first kappa shape index (κ1) is 10.4. The van der Waals surface area contributed by atoms with Crippen molar-refractivity contribution >= 4 is 5.82 Å². The molecule has 2 rings (SSSR count). The molecule has 0 amide bonds. The molecule has 3 heteroatoms. The van der Waals surface area contributed by atoms with E-state index in [1.807, 2.05) is 6.20 Å². The predicted molar refractivity (Wildman–Crippen MR) is 63.1 cm³/mol. The highest BCUT2D eigenvalue weighted by Crippen LogP contribution is 2.18. The van der Waals surface area contributed by atoms with E-state index in [0.717, 1.165) is 25.3 Å². The van der Waals surface area contributed by atoms with Gasteiger partial charge in [0.05, 0.1) is 0 Å². The SMILES string of the molecule is NCCc1ccnc(N2CCCCC2)c1. The van der Waals surface area contributed by atoms with E-state index in [4.69, 9.17) is 5.73 Å². The van der Waals surface area contributed by atoms with Gasteiger partial charge in [-0.25, -0.2) is 4.98 Å². The van der Waals surface area contributed by atoms with Gasteiger partial charge in [0.15, 0.2) is 0 Å². The van der Waals surface area contributed by atoms with Gasteiger partial charge >= 0.3 is 0 Å². The minimum atomic E-state index is 0.712. The molecule has 0 aromatic carbocycles. The third kappa shape index (κ3) is 2.69. The van der Waals surface area contributed by atoms with E-state index < -0.39 is 0 Å². The predicted octanol–water partition coefficient (Wildman–Crippen LogP) is 1.57. The maximum atomic E-state index is 5.56. The Bertz CT molecular complexity index is 305. The molecular formula is C12H19N3. The number of rotatable bonds is 3. The summed E-state index contributed by atoms with van der Waals surface area (Å²) in [4.78, 5) is 6.81. The molecule has 1 aliphatic heterocycles. The molecule has 1 aromatic heterocycles. The minimum absolute atomic E-state index is 0.712. The number of hydrogen-bond acceptors (Lipinski definition) is 3. The summed E-state index contributed by atoms with van der Waals surface area (Å²) < 4.78 is 0. The van der Waals surface area contributed by atoms with Crippen LogP contribution in [0.4, 0.5) is 5.82 Å². The fraction of sp³-hybridized carbons (Fsp3) is 0.583. The van der Waals surface area contributed by atoms with Crippen molar-refractivity contribution in [3.05, 3.63) is 23.9 Å². The highest BCUT2D eigenvalue weighted by molar-refractivity contribution is 5.41. The summed E-state index contributed by atoms with van der Waals surface area (Å²) in [6, 6.07) is 4.23. The fourth-order valence-electron chi connectivity index (χ4n) is 2.08. The standard InChI is InChI=1S/C12H19N3/c13-6-4-11-5-7-14-12(10-11)15-8-2-1-3-9-15/h5,7,10H,1-4,6,8-9,13H2. The van der Waals surface area contributed by atoms with Crippen LogP contribution >= 0.6 is 0 Å². The molecule has 0 unspecified atom stereocenters. The zero-order valence-corrected chi connectivity index (χ0v) is 9.15. The van der Waals surface area contributed by atoms with Crippen molar-refractivity contribution in [3.63, 3.8) is 0 Å². The van der Waals surface area contributed by atoms with Gasteiger partial charge in [-0.1, -0.05) is 0 Å². The van der Waals surface area contributed by atoms with Gasteiger partial charge in [0, 0.05) is 19.3 Å². The molecule has 82 valence electrons. The zero-order valence-electron chi connectivity index (χ0n) is 9.15. The molecule has 15 heavy (non-hydrogen) atoms. The Hall–Kier alpha value is -1.09. The highest BCUT2D eigenvalue weighted by atomic mass is 15.2. The molecule has 1 saturated heterocycles. The maximum absolute atomic E-state index is 5.56. The Morgan fingerprint density at radius 1 is 1.27 bits per heavy atom. The second-order valence-electron chi connectivity index (χ2n) is 4.11. The van der Waals surface area contributed by atoms with E-state index in [2.05, 4.69) is 22.0 Å². The lowest BCUT2D eigenvalue weighted by molar-refractivity contribution is 0.573. The van der Waals surface area contributed by atoms with E-state index >= 15 is 0 Å². The van der Waals surface area contributed by atoms with Crippen molar-refractivity contribution < 1.29 is 0 Å². The zero-order chi connectivity index (χ0) is 10.5. The van der Waals surface area contributed by atoms with E-state index in [1.54, 1.807) is 0 Å². The van der Waals surface area contributed by atoms with Gasteiger partial charge in [-0.3, -0.25) is 0 Å². The lowest BCUT2D eigenvalue weighted by Gasteiger charge is -2.27. The average molecular weight is 205 g/mol. The monoisotopic (exact) mass is 205 g/mol. The molecule has 0 radical (unpaired) electrons. The van der Waals surface area contributed by atoms with Gasteiger partial charge in [0.25, 0.3) is 0 Å². The number of nitrogens with zero attached hydrogens (tertiary/aromatic N) is 2. The Morgan fingerprint density at radius 2 is 2.07 bits per heavy atom. The number of pyridine rings is 1. The van der Waals surface area contributed by atoms with Crippen LogP contribution < -0.4 is 10.6 Å². The van der Waals surface area contributed by atoms with Gasteiger partial charge in [0.1, 0.15) is 5.82 Å². The van der Waals surface area contributed by atoms with E-state index in [-0.39, 0.29) is 0 Å². The van der Waals surface area contributed by atoms with Gasteiger partial charge in [-0.05, 0) is 49.9 Å². The van der Waals surface area contributed by atoms with Crippen LogP contribution in [0.3, 0.4) is 0 Å². The first-order valence-electron chi connectivity index (χ1n) is 5.80. The quantitative estimate of drug-likeness (QED) is 0.814. The Kier molecular flexibility index (Phi) is 3.56. The third-order valence-corrected chi connectivity index (χ3v) is 2.92. The van der Waals surface area contributed by atoms with Crippen LogP contribution in [-0.4, -0.2) is 24.6 Å². The second kappa shape index (κ2) is 5.12. The molecule has 0 aliphatic carbocycles. The summed E-state index contributed by atoms with van der Waals surface area (Å²) in [6.07, 6.45) is 6.79. The first-order valence-corrected chi connectivity index (χ1v) is 5.80. The highest BCUT2D eigenvalue weighted by Gasteiger charge is 2.11. The first-order chi connectivity index (χ1) is 7.40. The van der Waals surface area contributed by atoms with Gasteiger partial charge in [-0.15, -0.1) is 0 Å². The molecule has 2 heterocycles. The summed E-state index contributed by atoms with van der Waals surface area (Å²) in [6.45, 7) is 3.02. The van der Waals surface area contributed by atoms with Gasteiger partial charge < -0.3 is 10.6 Å². The molecule has 0 spiro atoms. The molecule has 0 bridgehead atoms. The number of nitrogens with two attached hydrogens (primary N) is 1. The van der Waals surface area contributed by atoms with Crippen LogP contribution in [0.1, 0.15) is 24.8 Å². The van der Waals surface area contributed by atoms with Crippen molar-refractivity contribution in [2.45, 2.75) is 25.7 Å². The van der Waals surface area contributed by atoms with Crippen molar-refractivity contribution in [1.29, 1.82) is 0 Å². The molecule has 3 nitrogen and oxygen atoms in total. The van der Waals surface area contributed by atoms with Crippen LogP contribution in [0.5, 0.6) is 0 Å². The Labute approximate surface area is 91.3 Å². The van der Waals surface area contributed by atoms with Crippen molar-refractivity contribution in [3.8, 4) is 0 Å². The second-order valence-corrected chi connectivity index (χ2v) is 4.11. The van der Waals surface area contributed by atoms with Crippen LogP contribution in [-0.2, 0) is 6.42 Å². The lowest BCUT2D eigenvalue weighted by atomic mass is 10.1. The number of piperidine rings is 1. The van der Waals surface area contributed by atoms with Gasteiger partial charge in [0.2, 0.25) is 0 Å². The number of hydrogen-bond donors (Lipinski definition) is 1. The van der Waals surface area contributed by atoms with Crippen LogP contribution in [0.25, 0.3) is 0 Å². The largest absolute Gasteiger partial charge is 0.357 e. The molecule has 1 fully saturated rings. The van der Waals surface area contributed by atoms with Crippen LogP contribution in [0.15, 0.2) is 18.3 Å². The molecule has 1 aromatic rings. The molecule has 0 saturated carbocycles. The smallest absolute Gasteiger partial charge is 0.128 e. The minimum Gasteiger partial charge on any atom is -0.357 e. The number of aromatic nitrogens is 1. The maximum Gasteiger partial charge on any atom is 0.128 e. The summed E-state index contributed by atoms with van der Waals surface area (Å²) in [5, 5.41) is 0. The third-order valence-electron chi connectivity index (χ3n) is 2.92. The molecule has 2 N–H and O–H groups in total. The van der Waals surface area contributed by atoms with E-state index in [1.165, 1.54) is 24.8 Å². The van der Waals surface area contributed by atoms with Crippen molar-refractivity contribution in [1.82, 2.24) is 4.98 Å². The fourth-order valence-corrected chi connectivity index (χ4v) is 2.08. The van der Waals surface area contributed by atoms with E-state index in [0.29, 0.717) is 6.54 Å². The molecule has 0 atom stereocenters. The molecular weight excluding hydrogens is 186 g/mol. The Balaban J connectivity index is 2.09. The van der Waals surface area contributed by atoms with Crippen LogP contribution in [0.2, 0.25) is 0 Å². The summed E-state index contributed by atoms with van der Waals surface area (Å²) >= 11 is 0. The average Bonchev–Trinajstić information content (AvgIpc) is 2.31. The summed E-state index contributed by atoms with van der Waals surface area (Å²) in [5.74, 6) is 1.13. The van der Waals surface area contributed by atoms with Crippen molar-refractivity contribution in [2.75, 3.05) is 24.5 Å². The Morgan fingerprint density at radius 3 is 2.80 bits per heavy atom. The number of anilines is 1. The normalized spacial score (nSPS) is 16.7. The summed E-state index contributed by atoms with van der Waals surface area (Å²) in [7, 11) is 0. The molecule has 1 aliphatic rings. The van der Waals surface area contributed by atoms with Gasteiger partial charge in [-0.2, -0.15) is 0 Å².